The molecule has 4 aromatic carbocycles. The van der Waals surface area contributed by atoms with Crippen LogP contribution in [0.15, 0.2) is 124 Å². The first-order valence-corrected chi connectivity index (χ1v) is 15.7. The van der Waals surface area contributed by atoms with Gasteiger partial charge in [-0.3, -0.25) is 14.2 Å². The maximum absolute atomic E-state index is 14.1. The smallest absolute Gasteiger partial charge is 0.271 e. The minimum Gasteiger partial charge on any atom is -0.494 e. The lowest BCUT2D eigenvalue weighted by molar-refractivity contribution is -0.113. The molecule has 0 bridgehead atoms. The van der Waals surface area contributed by atoms with Crippen LogP contribution in [0, 0.1) is 0 Å². The molecule has 2 heterocycles. The first-order valence-electron chi connectivity index (χ1n) is 14.9. The van der Waals surface area contributed by atoms with Gasteiger partial charge in [0.2, 0.25) is 0 Å². The Kier molecular flexibility index (Phi) is 9.12. The van der Waals surface area contributed by atoms with Gasteiger partial charge in [-0.05, 0) is 73.0 Å². The average Bonchev–Trinajstić information content (AvgIpc) is 3.38. The van der Waals surface area contributed by atoms with E-state index < -0.39 is 6.04 Å². The van der Waals surface area contributed by atoms with Crippen LogP contribution in [0.1, 0.15) is 36.6 Å². The van der Waals surface area contributed by atoms with E-state index in [2.05, 4.69) is 5.32 Å². The minimum absolute atomic E-state index is 0.247. The molecule has 8 nitrogen and oxygen atoms in total. The molecule has 1 aliphatic heterocycles. The summed E-state index contributed by atoms with van der Waals surface area (Å²) in [5.74, 6) is 1.54. The number of nitrogens with one attached hydrogen (secondary N) is 1. The van der Waals surface area contributed by atoms with Crippen LogP contribution in [0.3, 0.4) is 0 Å². The molecular formula is C37H33N3O5S. The van der Waals surface area contributed by atoms with E-state index in [4.69, 9.17) is 19.2 Å². The lowest BCUT2D eigenvalue weighted by atomic mass is 9.95. The second kappa shape index (κ2) is 13.7. The first-order chi connectivity index (χ1) is 22.4. The van der Waals surface area contributed by atoms with Crippen molar-refractivity contribution < 1.29 is 19.0 Å². The fraction of sp³-hybridized carbons (Fsp3) is 0.162. The third kappa shape index (κ3) is 6.50. The summed E-state index contributed by atoms with van der Waals surface area (Å²) in [4.78, 5) is 33.2. The Morgan fingerprint density at radius 2 is 1.65 bits per heavy atom. The molecule has 1 N–H and O–H groups in total. The number of thiazole rings is 1. The molecule has 0 saturated carbocycles. The molecule has 1 atom stereocenters. The van der Waals surface area contributed by atoms with Gasteiger partial charge in [-0.15, -0.1) is 0 Å². The molecule has 5 aromatic rings. The van der Waals surface area contributed by atoms with Crippen molar-refractivity contribution in [3.8, 4) is 17.2 Å². The molecule has 1 amide bonds. The van der Waals surface area contributed by atoms with Gasteiger partial charge < -0.3 is 19.5 Å². The number of amides is 1. The number of aromatic nitrogens is 1. The summed E-state index contributed by atoms with van der Waals surface area (Å²) in [6.45, 7) is 4.66. The van der Waals surface area contributed by atoms with Crippen LogP contribution in [-0.2, 0) is 11.4 Å². The highest BCUT2D eigenvalue weighted by molar-refractivity contribution is 7.07. The molecule has 9 heteroatoms. The van der Waals surface area contributed by atoms with E-state index in [1.165, 1.54) is 11.3 Å². The summed E-state index contributed by atoms with van der Waals surface area (Å²) in [7, 11) is 1.59. The number of allylic oxidation sites excluding steroid dienone is 1. The summed E-state index contributed by atoms with van der Waals surface area (Å²) < 4.78 is 19.4. The molecule has 0 radical (unpaired) electrons. The highest BCUT2D eigenvalue weighted by Crippen LogP contribution is 2.32. The monoisotopic (exact) mass is 631 g/mol. The quantitative estimate of drug-likeness (QED) is 0.209. The maximum atomic E-state index is 14.1. The van der Waals surface area contributed by atoms with E-state index in [0.29, 0.717) is 56.8 Å². The molecule has 232 valence electrons. The van der Waals surface area contributed by atoms with Crippen LogP contribution in [0.4, 0.5) is 5.69 Å². The van der Waals surface area contributed by atoms with Crippen molar-refractivity contribution in [1.82, 2.24) is 4.57 Å². The van der Waals surface area contributed by atoms with Gasteiger partial charge >= 0.3 is 0 Å². The Morgan fingerprint density at radius 3 is 2.35 bits per heavy atom. The highest BCUT2D eigenvalue weighted by Gasteiger charge is 2.32. The number of carbonyl (C=O) groups excluding carboxylic acids is 1. The van der Waals surface area contributed by atoms with Gasteiger partial charge in [0, 0.05) is 5.69 Å². The Morgan fingerprint density at radius 1 is 0.935 bits per heavy atom. The van der Waals surface area contributed by atoms with Gasteiger partial charge in [-0.1, -0.05) is 78.1 Å². The number of carbonyl (C=O) groups is 1. The Labute approximate surface area is 270 Å². The van der Waals surface area contributed by atoms with Crippen molar-refractivity contribution in [3.63, 3.8) is 0 Å². The second-order valence-corrected chi connectivity index (χ2v) is 11.6. The molecule has 0 spiro atoms. The zero-order valence-corrected chi connectivity index (χ0v) is 26.5. The molecule has 0 aliphatic carbocycles. The zero-order chi connectivity index (χ0) is 32.0. The number of hydrogen-bond acceptors (Lipinski definition) is 7. The summed E-state index contributed by atoms with van der Waals surface area (Å²) in [6.07, 6.45) is 1.81. The van der Waals surface area contributed by atoms with Gasteiger partial charge in [0.1, 0.15) is 12.4 Å². The fourth-order valence-corrected chi connectivity index (χ4v) is 6.39. The van der Waals surface area contributed by atoms with Crippen molar-refractivity contribution in [3.05, 3.63) is 151 Å². The highest BCUT2D eigenvalue weighted by atomic mass is 32.1. The summed E-state index contributed by atoms with van der Waals surface area (Å²) in [5, 5.41) is 2.98. The SMILES string of the molecule is CCOc1ccc([C@H]2C(C(=O)Nc3ccccc3)=C(C)N=c3s/c(=C\c4ccc(OCc5ccccc5)c(OC)c4)c(=O)n32)cc1. The van der Waals surface area contributed by atoms with Gasteiger partial charge in [0.15, 0.2) is 16.3 Å². The van der Waals surface area contributed by atoms with Gasteiger partial charge in [0.05, 0.1) is 35.6 Å². The van der Waals surface area contributed by atoms with E-state index in [9.17, 15) is 9.59 Å². The molecule has 6 rings (SSSR count). The Balaban J connectivity index is 1.39. The van der Waals surface area contributed by atoms with E-state index in [-0.39, 0.29) is 11.5 Å². The normalized spacial score (nSPS) is 14.3. The van der Waals surface area contributed by atoms with Crippen molar-refractivity contribution in [2.45, 2.75) is 26.5 Å². The Bertz CT molecular complexity index is 2070. The third-order valence-corrected chi connectivity index (χ3v) is 8.51. The van der Waals surface area contributed by atoms with E-state index in [0.717, 1.165) is 16.7 Å². The lowest BCUT2D eigenvalue weighted by Crippen LogP contribution is -2.40. The van der Waals surface area contributed by atoms with Gasteiger partial charge in [-0.25, -0.2) is 4.99 Å². The number of fused-ring (bicyclic) bond motifs is 1. The van der Waals surface area contributed by atoms with Crippen LogP contribution in [0.2, 0.25) is 0 Å². The summed E-state index contributed by atoms with van der Waals surface area (Å²) in [5.41, 5.74) is 3.93. The van der Waals surface area contributed by atoms with E-state index >= 15 is 0 Å². The van der Waals surface area contributed by atoms with Crippen molar-refractivity contribution in [2.75, 3.05) is 19.0 Å². The number of ether oxygens (including phenoxy) is 3. The molecule has 0 saturated heterocycles. The van der Waals surface area contributed by atoms with Crippen LogP contribution in [0.5, 0.6) is 17.2 Å². The Hall–Kier alpha value is -5.41. The average molecular weight is 632 g/mol. The number of methoxy groups -OCH3 is 1. The zero-order valence-electron chi connectivity index (χ0n) is 25.7. The van der Waals surface area contributed by atoms with E-state index in [1.54, 1.807) is 18.6 Å². The summed E-state index contributed by atoms with van der Waals surface area (Å²) >= 11 is 1.28. The number of hydrogen-bond donors (Lipinski definition) is 1. The number of anilines is 1. The van der Waals surface area contributed by atoms with Gasteiger partial charge in [0.25, 0.3) is 11.5 Å². The molecule has 1 aromatic heterocycles. The maximum Gasteiger partial charge on any atom is 0.271 e. The fourth-order valence-electron chi connectivity index (χ4n) is 5.34. The lowest BCUT2D eigenvalue weighted by Gasteiger charge is -2.25. The van der Waals surface area contributed by atoms with Crippen molar-refractivity contribution in [2.24, 2.45) is 4.99 Å². The summed E-state index contributed by atoms with van der Waals surface area (Å²) in [6, 6.07) is 31.5. The number of rotatable bonds is 10. The first kappa shape index (κ1) is 30.6. The third-order valence-electron chi connectivity index (χ3n) is 7.53. The molecule has 0 fully saturated rings. The standard InChI is InChI=1S/C37H33N3O5S/c1-4-44-29-18-16-27(17-19-29)34-33(35(41)39-28-13-9-6-10-14-28)24(2)38-37-40(34)36(42)32(46-37)22-26-15-20-30(31(21-26)43-3)45-23-25-11-7-5-8-12-25/h5-22,34H,4,23H2,1-3H3,(H,39,41)/b32-22-/t34-/m0/s1. The van der Waals surface area contributed by atoms with Crippen molar-refractivity contribution in [1.29, 1.82) is 0 Å². The van der Waals surface area contributed by atoms with Gasteiger partial charge in [-0.2, -0.15) is 0 Å². The number of nitrogens with zero attached hydrogens (tertiary/aromatic N) is 2. The largest absolute Gasteiger partial charge is 0.494 e. The number of para-hydroxylation sites is 1. The predicted octanol–water partition coefficient (Wildman–Crippen LogP) is 5.86. The van der Waals surface area contributed by atoms with Crippen LogP contribution < -0.4 is 34.4 Å². The van der Waals surface area contributed by atoms with Crippen LogP contribution in [-0.4, -0.2) is 24.2 Å². The topological polar surface area (TPSA) is 91.2 Å². The van der Waals surface area contributed by atoms with Crippen LogP contribution >= 0.6 is 11.3 Å². The van der Waals surface area contributed by atoms with Crippen LogP contribution in [0.25, 0.3) is 6.08 Å². The number of benzene rings is 4. The second-order valence-electron chi connectivity index (χ2n) is 10.6. The predicted molar refractivity (Wildman–Crippen MR) is 180 cm³/mol. The molecule has 0 unspecified atom stereocenters. The minimum atomic E-state index is -0.693. The molecule has 46 heavy (non-hydrogen) atoms. The van der Waals surface area contributed by atoms with Crippen molar-refractivity contribution >= 4 is 29.0 Å². The van der Waals surface area contributed by atoms with E-state index in [1.807, 2.05) is 116 Å². The molecular weight excluding hydrogens is 598 g/mol. The molecule has 1 aliphatic rings.